The molecule has 1 aromatic carbocycles. The quantitative estimate of drug-likeness (QED) is 0.263. The predicted octanol–water partition coefficient (Wildman–Crippen LogP) is -0.322. The minimum Gasteiger partial charge on any atom is -0.464 e. The number of furan rings is 1. The number of rotatable bonds is 4. The van der Waals surface area contributed by atoms with E-state index in [9.17, 15) is 8.42 Å². The third-order valence-electron chi connectivity index (χ3n) is 2.56. The van der Waals surface area contributed by atoms with Crippen LogP contribution in [0.5, 0.6) is 0 Å². The third-order valence-corrected chi connectivity index (χ3v) is 3.51. The molecule has 0 spiro atoms. The first-order valence-corrected chi connectivity index (χ1v) is 6.98. The summed E-state index contributed by atoms with van der Waals surface area (Å²) in [4.78, 5) is -0.164. The first-order valence-electron chi connectivity index (χ1n) is 5.44. The number of hydrogen-bond donors (Lipinski definition) is 4. The van der Waals surface area contributed by atoms with E-state index in [0.717, 1.165) is 0 Å². The summed E-state index contributed by atoms with van der Waals surface area (Å²) in [6.07, 6.45) is 1.46. The van der Waals surface area contributed by atoms with Crippen LogP contribution in [0.2, 0.25) is 0 Å². The second-order valence-electron chi connectivity index (χ2n) is 3.83. The van der Waals surface area contributed by atoms with Crippen LogP contribution in [0.25, 0.3) is 11.3 Å². The van der Waals surface area contributed by atoms with Gasteiger partial charge in [-0.3, -0.25) is 0 Å². The van der Waals surface area contributed by atoms with Gasteiger partial charge in [0.1, 0.15) is 5.76 Å². The van der Waals surface area contributed by atoms with Crippen molar-refractivity contribution in [3.05, 3.63) is 42.2 Å². The number of amidine groups is 1. The van der Waals surface area contributed by atoms with Crippen LogP contribution in [0, 0.1) is 0 Å². The van der Waals surface area contributed by atoms with Crippen LogP contribution in [-0.4, -0.2) is 14.3 Å². The van der Waals surface area contributed by atoms with Crippen LogP contribution < -0.4 is 22.3 Å². The van der Waals surface area contributed by atoms with E-state index in [1.807, 2.05) is 5.53 Å². The van der Waals surface area contributed by atoms with E-state index in [0.29, 0.717) is 11.3 Å². The molecule has 0 fully saturated rings. The zero-order valence-electron chi connectivity index (χ0n) is 10.3. The molecule has 1 aromatic heterocycles. The van der Waals surface area contributed by atoms with Gasteiger partial charge in [0.05, 0.1) is 11.2 Å². The summed E-state index contributed by atoms with van der Waals surface area (Å²) in [7, 11) is -3.98. The van der Waals surface area contributed by atoms with Crippen molar-refractivity contribution in [3.63, 3.8) is 0 Å². The number of primary sulfonamides is 1. The number of nitrogens with one attached hydrogen (secondary N) is 1. The Bertz CT molecular complexity index is 737. The zero-order chi connectivity index (χ0) is 14.8. The van der Waals surface area contributed by atoms with E-state index >= 15 is 0 Å². The Kier molecular flexibility index (Phi) is 3.74. The van der Waals surface area contributed by atoms with Crippen molar-refractivity contribution in [1.82, 2.24) is 5.53 Å². The molecule has 0 aliphatic heterocycles. The molecule has 0 atom stereocenters. The highest BCUT2D eigenvalue weighted by molar-refractivity contribution is 7.89. The summed E-state index contributed by atoms with van der Waals surface area (Å²) in [5, 5.41) is 8.79. The number of hydrogen-bond acceptors (Lipinski definition) is 6. The van der Waals surface area contributed by atoms with Gasteiger partial charge in [0.15, 0.2) is 5.84 Å². The van der Waals surface area contributed by atoms with Crippen molar-refractivity contribution in [1.29, 1.82) is 0 Å². The lowest BCUT2D eigenvalue weighted by molar-refractivity contribution is 0.581. The van der Waals surface area contributed by atoms with Gasteiger partial charge < -0.3 is 10.2 Å². The minimum atomic E-state index is -3.98. The molecular weight excluding hydrogens is 282 g/mol. The smallest absolute Gasteiger partial charge is 0.238 e. The number of nitrogens with zero attached hydrogens (tertiary/aromatic N) is 1. The van der Waals surface area contributed by atoms with E-state index in [4.69, 9.17) is 21.1 Å². The van der Waals surface area contributed by atoms with Gasteiger partial charge in [-0.2, -0.15) is 0 Å². The molecule has 0 aliphatic rings. The fourth-order valence-corrected chi connectivity index (χ4v) is 2.56. The lowest BCUT2D eigenvalue weighted by Gasteiger charge is -2.11. The Labute approximate surface area is 115 Å². The monoisotopic (exact) mass is 295 g/mol. The highest BCUT2D eigenvalue weighted by atomic mass is 32.2. The second kappa shape index (κ2) is 5.33. The number of hydrazone groups is 1. The SMILES string of the molecule is NN/N=C(\N)c1c(-c2ccco2)cccc1S(N)(=O)=O. The van der Waals surface area contributed by atoms with Crippen molar-refractivity contribution in [3.8, 4) is 11.3 Å². The van der Waals surface area contributed by atoms with E-state index in [1.165, 1.54) is 18.4 Å². The maximum absolute atomic E-state index is 11.7. The molecule has 0 saturated heterocycles. The topological polar surface area (TPSA) is 150 Å². The maximum Gasteiger partial charge on any atom is 0.238 e. The summed E-state index contributed by atoms with van der Waals surface area (Å²) in [6, 6.07) is 7.83. The van der Waals surface area contributed by atoms with E-state index in [-0.39, 0.29) is 16.3 Å². The molecule has 2 aromatic rings. The maximum atomic E-state index is 11.7. The molecule has 106 valence electrons. The van der Waals surface area contributed by atoms with Crippen LogP contribution in [0.4, 0.5) is 0 Å². The van der Waals surface area contributed by atoms with Gasteiger partial charge in [-0.1, -0.05) is 12.1 Å². The molecule has 20 heavy (non-hydrogen) atoms. The van der Waals surface area contributed by atoms with Crippen molar-refractivity contribution in [2.75, 3.05) is 0 Å². The summed E-state index contributed by atoms with van der Waals surface area (Å²) in [6.45, 7) is 0. The Morgan fingerprint density at radius 1 is 1.25 bits per heavy atom. The number of nitrogens with two attached hydrogens (primary N) is 3. The normalized spacial score (nSPS) is 12.4. The first kappa shape index (κ1) is 14.1. The van der Waals surface area contributed by atoms with Crippen molar-refractivity contribution < 1.29 is 12.8 Å². The molecule has 9 heteroatoms. The molecule has 1 heterocycles. The largest absolute Gasteiger partial charge is 0.464 e. The van der Waals surface area contributed by atoms with Crippen LogP contribution in [0.1, 0.15) is 5.56 Å². The molecule has 0 saturated carbocycles. The number of sulfonamides is 1. The standard InChI is InChI=1S/C11H13N5O3S/c12-11(15-16-13)10-7(8-4-2-6-19-8)3-1-5-9(10)20(14,17)18/h1-6,16H,13H2,(H2,12,15)(H2,14,17,18). The van der Waals surface area contributed by atoms with Gasteiger partial charge in [0, 0.05) is 11.1 Å². The summed E-state index contributed by atoms with van der Waals surface area (Å²) < 4.78 is 28.6. The predicted molar refractivity (Wildman–Crippen MR) is 73.6 cm³/mol. The Morgan fingerprint density at radius 2 is 2.00 bits per heavy atom. The van der Waals surface area contributed by atoms with Gasteiger partial charge in [-0.15, -0.1) is 5.10 Å². The fraction of sp³-hybridized carbons (Fsp3) is 0. The molecule has 0 bridgehead atoms. The van der Waals surface area contributed by atoms with Gasteiger partial charge in [-0.05, 0) is 18.2 Å². The molecule has 0 amide bonds. The highest BCUT2D eigenvalue weighted by Crippen LogP contribution is 2.28. The summed E-state index contributed by atoms with van der Waals surface area (Å²) in [5.41, 5.74) is 8.34. The molecule has 0 radical (unpaired) electrons. The zero-order valence-corrected chi connectivity index (χ0v) is 11.1. The van der Waals surface area contributed by atoms with Gasteiger partial charge in [-0.25, -0.2) is 24.9 Å². The highest BCUT2D eigenvalue weighted by Gasteiger charge is 2.21. The van der Waals surface area contributed by atoms with Crippen molar-refractivity contribution >= 4 is 15.9 Å². The molecule has 0 aliphatic carbocycles. The van der Waals surface area contributed by atoms with E-state index in [1.54, 1.807) is 18.2 Å². The summed E-state index contributed by atoms with van der Waals surface area (Å²) >= 11 is 0. The van der Waals surface area contributed by atoms with Gasteiger partial charge in [0.2, 0.25) is 10.0 Å². The molecule has 2 rings (SSSR count). The average molecular weight is 295 g/mol. The fourth-order valence-electron chi connectivity index (χ4n) is 1.80. The van der Waals surface area contributed by atoms with E-state index < -0.39 is 10.0 Å². The molecule has 0 unspecified atom stereocenters. The Hall–Kier alpha value is -2.36. The second-order valence-corrected chi connectivity index (χ2v) is 5.36. The average Bonchev–Trinajstić information content (AvgIpc) is 2.90. The lowest BCUT2D eigenvalue weighted by Crippen LogP contribution is -2.26. The first-order chi connectivity index (χ1) is 9.45. The van der Waals surface area contributed by atoms with Crippen LogP contribution >= 0.6 is 0 Å². The lowest BCUT2D eigenvalue weighted by atomic mass is 10.0. The van der Waals surface area contributed by atoms with Crippen molar-refractivity contribution in [2.45, 2.75) is 4.90 Å². The van der Waals surface area contributed by atoms with E-state index in [2.05, 4.69) is 5.10 Å². The number of benzene rings is 1. The van der Waals surface area contributed by atoms with Crippen molar-refractivity contribution in [2.24, 2.45) is 21.8 Å². The Balaban J connectivity index is 2.80. The summed E-state index contributed by atoms with van der Waals surface area (Å²) in [5.74, 6) is 5.38. The Morgan fingerprint density at radius 3 is 2.55 bits per heavy atom. The molecule has 8 nitrogen and oxygen atoms in total. The molecule has 7 N–H and O–H groups in total. The minimum absolute atomic E-state index is 0.122. The molecular formula is C11H13N5O3S. The van der Waals surface area contributed by atoms with Crippen LogP contribution in [0.15, 0.2) is 51.0 Å². The number of hydrazine groups is 1. The van der Waals surface area contributed by atoms with Gasteiger partial charge >= 0.3 is 0 Å². The van der Waals surface area contributed by atoms with Gasteiger partial charge in [0.25, 0.3) is 0 Å². The van der Waals surface area contributed by atoms with Crippen LogP contribution in [0.3, 0.4) is 0 Å². The van der Waals surface area contributed by atoms with Crippen LogP contribution in [-0.2, 0) is 10.0 Å². The third kappa shape index (κ3) is 2.64.